The molecule has 0 aromatic heterocycles. The Labute approximate surface area is 120 Å². The molecule has 0 spiro atoms. The van der Waals surface area contributed by atoms with Crippen LogP contribution in [0.5, 0.6) is 0 Å². The third-order valence-electron chi connectivity index (χ3n) is 4.23. The second-order valence-electron chi connectivity index (χ2n) is 5.74. The van der Waals surface area contributed by atoms with Gasteiger partial charge in [0.25, 0.3) is 0 Å². The molecule has 20 heavy (non-hydrogen) atoms. The molecular weight excluding hydrogens is 246 g/mol. The van der Waals surface area contributed by atoms with Crippen molar-refractivity contribution < 1.29 is 4.79 Å². The van der Waals surface area contributed by atoms with Gasteiger partial charge in [0, 0.05) is 13.1 Å². The third-order valence-corrected chi connectivity index (χ3v) is 4.23. The fraction of sp³-hybridized carbons (Fsp3) is 0.389. The van der Waals surface area contributed by atoms with Crippen LogP contribution in [0, 0.1) is 5.41 Å². The number of carbonyl (C=O) groups excluding carboxylic acids is 1. The van der Waals surface area contributed by atoms with Gasteiger partial charge in [0.2, 0.25) is 5.91 Å². The number of amides is 1. The topological polar surface area (TPSA) is 20.3 Å². The lowest BCUT2D eigenvalue weighted by Crippen LogP contribution is -2.42. The van der Waals surface area contributed by atoms with Crippen molar-refractivity contribution in [2.45, 2.75) is 25.7 Å². The van der Waals surface area contributed by atoms with Gasteiger partial charge < -0.3 is 4.90 Å². The van der Waals surface area contributed by atoms with Crippen LogP contribution in [-0.4, -0.2) is 23.9 Å². The lowest BCUT2D eigenvalue weighted by molar-refractivity contribution is -0.136. The van der Waals surface area contributed by atoms with Crippen molar-refractivity contribution in [2.75, 3.05) is 13.1 Å². The molecule has 0 saturated carbocycles. The Bertz CT molecular complexity index is 512. The predicted octanol–water partition coefficient (Wildman–Crippen LogP) is 3.35. The van der Waals surface area contributed by atoms with Crippen LogP contribution >= 0.6 is 0 Å². The second-order valence-corrected chi connectivity index (χ2v) is 5.74. The van der Waals surface area contributed by atoms with Gasteiger partial charge in [-0.15, -0.1) is 0 Å². The highest BCUT2D eigenvalue weighted by molar-refractivity contribution is 5.87. The normalized spacial score (nSPS) is 20.3. The summed E-state index contributed by atoms with van der Waals surface area (Å²) in [5.74, 6) is 0.269. The molecule has 1 amide bonds. The van der Waals surface area contributed by atoms with Crippen LogP contribution in [0.15, 0.2) is 54.6 Å². The first-order chi connectivity index (χ1) is 9.80. The summed E-state index contributed by atoms with van der Waals surface area (Å²) in [5.41, 5.74) is 0.750. The molecule has 0 unspecified atom stereocenters. The van der Waals surface area contributed by atoms with Gasteiger partial charge in [0.15, 0.2) is 0 Å². The molecule has 104 valence electrons. The van der Waals surface area contributed by atoms with Crippen molar-refractivity contribution >= 4 is 5.91 Å². The summed E-state index contributed by atoms with van der Waals surface area (Å²) >= 11 is 0. The van der Waals surface area contributed by atoms with Gasteiger partial charge >= 0.3 is 0 Å². The molecule has 3 rings (SSSR count). The maximum Gasteiger partial charge on any atom is 0.236 e. The summed E-state index contributed by atoms with van der Waals surface area (Å²) in [4.78, 5) is 15.0. The van der Waals surface area contributed by atoms with E-state index in [9.17, 15) is 4.79 Å². The van der Waals surface area contributed by atoms with Crippen molar-refractivity contribution in [3.63, 3.8) is 0 Å². The number of nitrogens with zero attached hydrogens (tertiary/aromatic N) is 1. The van der Waals surface area contributed by atoms with Gasteiger partial charge in [-0.1, -0.05) is 54.6 Å². The Balaban J connectivity index is 1.88. The molecule has 2 heteroatoms. The number of hydrogen-bond acceptors (Lipinski definition) is 1. The average Bonchev–Trinajstić information content (AvgIpc) is 3.02. The van der Waals surface area contributed by atoms with E-state index in [1.807, 2.05) is 23.1 Å². The third kappa shape index (κ3) is 2.55. The first-order valence-corrected chi connectivity index (χ1v) is 7.49. The van der Waals surface area contributed by atoms with E-state index in [1.54, 1.807) is 0 Å². The minimum Gasteiger partial charge on any atom is -0.342 e. The number of carbonyl (C=O) groups is 1. The zero-order valence-electron chi connectivity index (χ0n) is 11.8. The fourth-order valence-electron chi connectivity index (χ4n) is 3.18. The fourth-order valence-corrected chi connectivity index (χ4v) is 3.18. The van der Waals surface area contributed by atoms with Crippen molar-refractivity contribution in [1.29, 1.82) is 0 Å². The summed E-state index contributed by atoms with van der Waals surface area (Å²) in [6.45, 7) is 1.83. The molecule has 2 aliphatic rings. The van der Waals surface area contributed by atoms with Crippen LogP contribution in [-0.2, 0) is 11.2 Å². The molecule has 0 radical (unpaired) electrons. The first kappa shape index (κ1) is 13.2. The summed E-state index contributed by atoms with van der Waals surface area (Å²) in [6, 6.07) is 10.3. The standard InChI is InChI=1S/C18H21NO/c20-17(19-13-7-8-14-19)18(11-5-2-6-12-18)15-16-9-3-1-4-10-16/h1,3-6,9-12H,2,7-8,13-15H2. The number of hydrogen-bond donors (Lipinski definition) is 0. The Hall–Kier alpha value is -1.83. The lowest BCUT2D eigenvalue weighted by atomic mass is 9.77. The highest BCUT2D eigenvalue weighted by atomic mass is 16.2. The average molecular weight is 267 g/mol. The molecule has 0 bridgehead atoms. The SMILES string of the molecule is O=C(N1CCCC1)C1(Cc2ccccc2)C=CCC=C1. The molecule has 1 aromatic carbocycles. The number of benzene rings is 1. The van der Waals surface area contributed by atoms with E-state index in [4.69, 9.17) is 0 Å². The Kier molecular flexibility index (Phi) is 3.72. The van der Waals surface area contributed by atoms with E-state index in [2.05, 4.69) is 36.4 Å². The van der Waals surface area contributed by atoms with E-state index in [0.29, 0.717) is 0 Å². The molecule has 1 heterocycles. The summed E-state index contributed by atoms with van der Waals surface area (Å²) in [7, 11) is 0. The smallest absolute Gasteiger partial charge is 0.236 e. The van der Waals surface area contributed by atoms with Crippen LogP contribution in [0.25, 0.3) is 0 Å². The number of likely N-dealkylation sites (tertiary alicyclic amines) is 1. The Morgan fingerprint density at radius 2 is 1.70 bits per heavy atom. The van der Waals surface area contributed by atoms with Crippen molar-refractivity contribution in [3.05, 3.63) is 60.2 Å². The van der Waals surface area contributed by atoms with Crippen molar-refractivity contribution in [1.82, 2.24) is 4.90 Å². The minimum absolute atomic E-state index is 0.269. The molecule has 0 N–H and O–H groups in total. The van der Waals surface area contributed by atoms with Crippen LogP contribution in [0.2, 0.25) is 0 Å². The molecule has 1 aliphatic carbocycles. The molecule has 1 fully saturated rings. The molecule has 1 aliphatic heterocycles. The molecular formula is C18H21NO. The highest BCUT2D eigenvalue weighted by Crippen LogP contribution is 2.33. The molecule has 1 saturated heterocycles. The summed E-state index contributed by atoms with van der Waals surface area (Å²) < 4.78 is 0. The van der Waals surface area contributed by atoms with Gasteiger partial charge in [-0.3, -0.25) is 4.79 Å². The number of allylic oxidation sites excluding steroid dienone is 2. The Morgan fingerprint density at radius 3 is 2.35 bits per heavy atom. The quantitative estimate of drug-likeness (QED) is 0.769. The largest absolute Gasteiger partial charge is 0.342 e. The maximum atomic E-state index is 13.0. The van der Waals surface area contributed by atoms with Crippen LogP contribution in [0.1, 0.15) is 24.8 Å². The molecule has 0 atom stereocenters. The highest BCUT2D eigenvalue weighted by Gasteiger charge is 2.38. The van der Waals surface area contributed by atoms with Crippen LogP contribution in [0.4, 0.5) is 0 Å². The maximum absolute atomic E-state index is 13.0. The second kappa shape index (κ2) is 5.66. The van der Waals surface area contributed by atoms with Gasteiger partial charge in [0.05, 0.1) is 5.41 Å². The van der Waals surface area contributed by atoms with E-state index in [0.717, 1.165) is 38.8 Å². The van der Waals surface area contributed by atoms with Gasteiger partial charge in [-0.25, -0.2) is 0 Å². The van der Waals surface area contributed by atoms with E-state index < -0.39 is 5.41 Å². The van der Waals surface area contributed by atoms with Crippen molar-refractivity contribution in [2.24, 2.45) is 5.41 Å². The van der Waals surface area contributed by atoms with E-state index in [1.165, 1.54) is 5.56 Å². The Morgan fingerprint density at radius 1 is 1.05 bits per heavy atom. The summed E-state index contributed by atoms with van der Waals surface area (Å²) in [5, 5.41) is 0. The predicted molar refractivity (Wildman–Crippen MR) is 81.3 cm³/mol. The van der Waals surface area contributed by atoms with E-state index in [-0.39, 0.29) is 5.91 Å². The zero-order chi connectivity index (χ0) is 13.8. The minimum atomic E-state index is -0.468. The van der Waals surface area contributed by atoms with Gasteiger partial charge in [-0.2, -0.15) is 0 Å². The van der Waals surface area contributed by atoms with Gasteiger partial charge in [0.1, 0.15) is 0 Å². The monoisotopic (exact) mass is 267 g/mol. The van der Waals surface area contributed by atoms with Gasteiger partial charge in [-0.05, 0) is 31.2 Å². The lowest BCUT2D eigenvalue weighted by Gasteiger charge is -2.32. The molecule has 2 nitrogen and oxygen atoms in total. The van der Waals surface area contributed by atoms with E-state index >= 15 is 0 Å². The number of rotatable bonds is 3. The van der Waals surface area contributed by atoms with Crippen LogP contribution in [0.3, 0.4) is 0 Å². The first-order valence-electron chi connectivity index (χ1n) is 7.49. The molecule has 1 aromatic rings. The van der Waals surface area contributed by atoms with Crippen LogP contribution < -0.4 is 0 Å². The summed E-state index contributed by atoms with van der Waals surface area (Å²) in [6.07, 6.45) is 12.4. The zero-order valence-corrected chi connectivity index (χ0v) is 11.8. The van der Waals surface area contributed by atoms with Crippen molar-refractivity contribution in [3.8, 4) is 0 Å².